The van der Waals surface area contributed by atoms with Crippen LogP contribution in [0.25, 0.3) is 0 Å². The van der Waals surface area contributed by atoms with Gasteiger partial charge in [0.05, 0.1) is 6.42 Å². The summed E-state index contributed by atoms with van der Waals surface area (Å²) in [6, 6.07) is 7.28. The summed E-state index contributed by atoms with van der Waals surface area (Å²) in [5.74, 6) is -0.234. The number of ether oxygens (including phenoxy) is 1. The number of thiophene rings is 1. The van der Waals surface area contributed by atoms with Crippen LogP contribution in [0.3, 0.4) is 0 Å². The van der Waals surface area contributed by atoms with Crippen LogP contribution >= 0.6 is 22.9 Å². The number of hydrogen-bond acceptors (Lipinski definition) is 4. The molecule has 0 saturated carbocycles. The highest BCUT2D eigenvalue weighted by Gasteiger charge is 2.06. The number of hydrogen-bond donors (Lipinski definition) is 0. The summed E-state index contributed by atoms with van der Waals surface area (Å²) >= 11 is 7.20. The first-order chi connectivity index (χ1) is 8.24. The number of pyridine rings is 1. The quantitative estimate of drug-likeness (QED) is 0.631. The van der Waals surface area contributed by atoms with Gasteiger partial charge in [0.1, 0.15) is 11.8 Å². The number of aromatic nitrogens is 1. The highest BCUT2D eigenvalue weighted by atomic mass is 35.5. The molecule has 0 saturated heterocycles. The third-order valence-corrected chi connectivity index (χ3v) is 3.19. The number of carbonyl (C=O) groups excluding carboxylic acids is 1. The topological polar surface area (TPSA) is 39.2 Å². The molecule has 0 bridgehead atoms. The Labute approximate surface area is 108 Å². The molecule has 0 spiro atoms. The summed E-state index contributed by atoms with van der Waals surface area (Å²) in [6.07, 6.45) is 1.92. The molecule has 0 atom stereocenters. The molecule has 3 nitrogen and oxygen atoms in total. The Bertz CT molecular complexity index is 482. The number of esters is 1. The van der Waals surface area contributed by atoms with Gasteiger partial charge in [-0.25, -0.2) is 4.98 Å². The number of halogens is 1. The second kappa shape index (κ2) is 5.80. The summed E-state index contributed by atoms with van der Waals surface area (Å²) in [4.78, 5) is 16.4. The van der Waals surface area contributed by atoms with Crippen LogP contribution in [0.2, 0.25) is 5.15 Å². The Balaban J connectivity index is 1.82. The molecule has 0 fully saturated rings. The first-order valence-corrected chi connectivity index (χ1v) is 6.28. The van der Waals surface area contributed by atoms with E-state index < -0.39 is 0 Å². The number of rotatable bonds is 4. The van der Waals surface area contributed by atoms with E-state index in [1.807, 2.05) is 17.5 Å². The first kappa shape index (κ1) is 12.1. The van der Waals surface area contributed by atoms with Crippen LogP contribution in [0.5, 0.6) is 0 Å². The minimum absolute atomic E-state index is 0.231. The molecule has 0 unspecified atom stereocenters. The van der Waals surface area contributed by atoms with Crippen LogP contribution in [0, 0.1) is 0 Å². The molecular formula is C12H10ClNO2S. The Morgan fingerprint density at radius 3 is 2.94 bits per heavy atom. The predicted octanol–water partition coefficient (Wildman–Crippen LogP) is 3.08. The van der Waals surface area contributed by atoms with E-state index in [2.05, 4.69) is 4.98 Å². The molecule has 2 aromatic heterocycles. The summed E-state index contributed by atoms with van der Waals surface area (Å²) in [5.41, 5.74) is 0.828. The van der Waals surface area contributed by atoms with Crippen molar-refractivity contribution in [3.8, 4) is 0 Å². The average Bonchev–Trinajstić information content (AvgIpc) is 2.81. The van der Waals surface area contributed by atoms with Gasteiger partial charge < -0.3 is 4.74 Å². The van der Waals surface area contributed by atoms with Crippen molar-refractivity contribution in [2.45, 2.75) is 13.0 Å². The fourth-order valence-electron chi connectivity index (χ4n) is 1.26. The molecule has 0 aliphatic heterocycles. The predicted molar refractivity (Wildman–Crippen MR) is 67.1 cm³/mol. The van der Waals surface area contributed by atoms with Crippen LogP contribution in [0.1, 0.15) is 10.4 Å². The molecule has 5 heteroatoms. The molecule has 0 radical (unpaired) electrons. The molecule has 2 heterocycles. The van der Waals surface area contributed by atoms with Crippen LogP contribution in [0.4, 0.5) is 0 Å². The number of nitrogens with zero attached hydrogens (tertiary/aromatic N) is 1. The van der Waals surface area contributed by atoms with E-state index in [1.54, 1.807) is 29.7 Å². The van der Waals surface area contributed by atoms with Crippen LogP contribution in [0.15, 0.2) is 35.8 Å². The smallest absolute Gasteiger partial charge is 0.311 e. The van der Waals surface area contributed by atoms with Crippen LogP contribution in [-0.4, -0.2) is 11.0 Å². The molecular weight excluding hydrogens is 258 g/mol. The average molecular weight is 268 g/mol. The van der Waals surface area contributed by atoms with Gasteiger partial charge in [-0.2, -0.15) is 0 Å². The zero-order valence-corrected chi connectivity index (χ0v) is 10.5. The Kier molecular flexibility index (Phi) is 4.12. The van der Waals surface area contributed by atoms with E-state index in [0.29, 0.717) is 11.6 Å². The zero-order valence-electron chi connectivity index (χ0n) is 8.93. The van der Waals surface area contributed by atoms with Crippen LogP contribution in [-0.2, 0) is 22.6 Å². The second-order valence-corrected chi connectivity index (χ2v) is 4.83. The van der Waals surface area contributed by atoms with Crippen molar-refractivity contribution >= 4 is 28.9 Å². The molecule has 0 aliphatic carbocycles. The van der Waals surface area contributed by atoms with E-state index in [0.717, 1.165) is 10.4 Å². The second-order valence-electron chi connectivity index (χ2n) is 3.41. The lowest BCUT2D eigenvalue weighted by Gasteiger charge is -2.03. The van der Waals surface area contributed by atoms with E-state index in [4.69, 9.17) is 16.3 Å². The fraction of sp³-hybridized carbons (Fsp3) is 0.167. The largest absolute Gasteiger partial charge is 0.460 e. The fourth-order valence-corrected chi connectivity index (χ4v) is 2.06. The van der Waals surface area contributed by atoms with Gasteiger partial charge in [0.25, 0.3) is 0 Å². The van der Waals surface area contributed by atoms with Gasteiger partial charge in [-0.3, -0.25) is 4.79 Å². The van der Waals surface area contributed by atoms with Gasteiger partial charge >= 0.3 is 5.97 Å². The maximum atomic E-state index is 11.5. The lowest BCUT2D eigenvalue weighted by molar-refractivity contribution is -0.144. The molecule has 2 aromatic rings. The molecule has 17 heavy (non-hydrogen) atoms. The van der Waals surface area contributed by atoms with E-state index in [-0.39, 0.29) is 12.6 Å². The van der Waals surface area contributed by atoms with Crippen molar-refractivity contribution in [2.75, 3.05) is 0 Å². The summed E-state index contributed by atoms with van der Waals surface area (Å²) in [5, 5.41) is 2.37. The third-order valence-electron chi connectivity index (χ3n) is 2.09. The van der Waals surface area contributed by atoms with Crippen molar-refractivity contribution < 1.29 is 9.53 Å². The minimum Gasteiger partial charge on any atom is -0.460 e. The lowest BCUT2D eigenvalue weighted by atomic mass is 10.3. The maximum absolute atomic E-state index is 11.5. The molecule has 0 N–H and O–H groups in total. The van der Waals surface area contributed by atoms with E-state index in [9.17, 15) is 4.79 Å². The molecule has 2 rings (SSSR count). The van der Waals surface area contributed by atoms with Crippen LogP contribution < -0.4 is 0 Å². The third kappa shape index (κ3) is 3.84. The van der Waals surface area contributed by atoms with Gasteiger partial charge in [-0.05, 0) is 17.5 Å². The molecule has 0 amide bonds. The van der Waals surface area contributed by atoms with E-state index >= 15 is 0 Å². The van der Waals surface area contributed by atoms with Gasteiger partial charge in [0.2, 0.25) is 0 Å². The zero-order chi connectivity index (χ0) is 12.1. The Morgan fingerprint density at radius 2 is 2.29 bits per heavy atom. The minimum atomic E-state index is -0.234. The Hall–Kier alpha value is -1.39. The number of carbonyl (C=O) groups is 1. The van der Waals surface area contributed by atoms with Crippen molar-refractivity contribution in [1.82, 2.24) is 4.98 Å². The first-order valence-electron chi connectivity index (χ1n) is 5.02. The molecule has 0 aliphatic rings. The maximum Gasteiger partial charge on any atom is 0.311 e. The standard InChI is InChI=1S/C12H10ClNO2S/c13-11-4-3-9(7-14-11)8-16-12(15)6-10-2-1-5-17-10/h1-5,7H,6,8H2. The molecule has 88 valence electrons. The van der Waals surface area contributed by atoms with Gasteiger partial charge in [-0.1, -0.05) is 23.7 Å². The summed E-state index contributed by atoms with van der Waals surface area (Å²) in [6.45, 7) is 0.231. The monoisotopic (exact) mass is 267 g/mol. The summed E-state index contributed by atoms with van der Waals surface area (Å²) < 4.78 is 5.13. The van der Waals surface area contributed by atoms with E-state index in [1.165, 1.54) is 0 Å². The summed E-state index contributed by atoms with van der Waals surface area (Å²) in [7, 11) is 0. The lowest BCUT2D eigenvalue weighted by Crippen LogP contribution is -2.07. The SMILES string of the molecule is O=C(Cc1cccs1)OCc1ccc(Cl)nc1. The van der Waals surface area contributed by atoms with Crippen molar-refractivity contribution in [2.24, 2.45) is 0 Å². The normalized spacial score (nSPS) is 10.2. The van der Waals surface area contributed by atoms with Crippen molar-refractivity contribution in [3.05, 3.63) is 51.4 Å². The van der Waals surface area contributed by atoms with Crippen molar-refractivity contribution in [1.29, 1.82) is 0 Å². The van der Waals surface area contributed by atoms with Gasteiger partial charge in [0, 0.05) is 16.6 Å². The Morgan fingerprint density at radius 1 is 1.41 bits per heavy atom. The highest BCUT2D eigenvalue weighted by molar-refractivity contribution is 7.10. The highest BCUT2D eigenvalue weighted by Crippen LogP contribution is 2.11. The molecule has 0 aromatic carbocycles. The van der Waals surface area contributed by atoms with Gasteiger partial charge in [-0.15, -0.1) is 11.3 Å². The van der Waals surface area contributed by atoms with Crippen molar-refractivity contribution in [3.63, 3.8) is 0 Å². The van der Waals surface area contributed by atoms with Gasteiger partial charge in [0.15, 0.2) is 0 Å².